The quantitative estimate of drug-likeness (QED) is 0.118. The number of carboxylic acid groups (broad SMARTS) is 1. The highest BCUT2D eigenvalue weighted by Gasteiger charge is 2.44. The van der Waals surface area contributed by atoms with Crippen molar-refractivity contribution in [3.05, 3.63) is 35.9 Å². The van der Waals surface area contributed by atoms with E-state index in [0.29, 0.717) is 25.3 Å². The molecule has 1 aromatic carbocycles. The summed E-state index contributed by atoms with van der Waals surface area (Å²) in [7, 11) is -3.51. The van der Waals surface area contributed by atoms with Gasteiger partial charge in [0.25, 0.3) is 0 Å². The van der Waals surface area contributed by atoms with Crippen molar-refractivity contribution >= 4 is 25.5 Å². The predicted octanol–water partition coefficient (Wildman–Crippen LogP) is 5.77. The van der Waals surface area contributed by atoms with E-state index in [1.165, 1.54) is 16.9 Å². The number of rotatable bonds is 16. The number of likely N-dealkylation sites (tertiary alicyclic amines) is 1. The van der Waals surface area contributed by atoms with Crippen molar-refractivity contribution in [3.8, 4) is 0 Å². The first-order valence-electron chi connectivity index (χ1n) is 14.6. The number of ether oxygens (including phenoxy) is 1. The lowest BCUT2D eigenvalue weighted by Gasteiger charge is -2.30. The van der Waals surface area contributed by atoms with Gasteiger partial charge in [0.2, 0.25) is 13.3 Å². The molecule has 1 amide bonds. The third kappa shape index (κ3) is 9.84. The summed E-state index contributed by atoms with van der Waals surface area (Å²) in [4.78, 5) is 37.9. The highest BCUT2D eigenvalue weighted by atomic mass is 31.2. The third-order valence-electron chi connectivity index (χ3n) is 8.05. The molecule has 1 heterocycles. The number of nitrogens with zero attached hydrogens (tertiary/aromatic N) is 1. The Labute approximate surface area is 233 Å². The highest BCUT2D eigenvalue weighted by molar-refractivity contribution is 7.59. The van der Waals surface area contributed by atoms with Crippen molar-refractivity contribution in [3.63, 3.8) is 0 Å². The minimum Gasteiger partial charge on any atom is -0.480 e. The molecule has 218 valence electrons. The molecule has 0 bridgehead atoms. The first-order valence-corrected chi connectivity index (χ1v) is 16.6. The number of carboxylic acids is 1. The van der Waals surface area contributed by atoms with Crippen LogP contribution in [-0.2, 0) is 34.6 Å². The van der Waals surface area contributed by atoms with Crippen LogP contribution in [0.5, 0.6) is 0 Å². The van der Waals surface area contributed by atoms with E-state index in [0.717, 1.165) is 44.8 Å². The summed E-state index contributed by atoms with van der Waals surface area (Å²) in [5.74, 6) is -0.953. The van der Waals surface area contributed by atoms with Crippen molar-refractivity contribution in [1.82, 2.24) is 4.90 Å². The van der Waals surface area contributed by atoms with Gasteiger partial charge in [-0.2, -0.15) is 0 Å². The summed E-state index contributed by atoms with van der Waals surface area (Å²) in [5.41, 5.74) is 1.19. The Balaban J connectivity index is 1.70. The molecule has 1 saturated carbocycles. The fourth-order valence-corrected chi connectivity index (χ4v) is 8.20. The number of amides is 1. The molecule has 1 aliphatic carbocycles. The summed E-state index contributed by atoms with van der Waals surface area (Å²) in [6.45, 7) is 4.30. The number of hydrogen-bond acceptors (Lipinski definition) is 6. The molecule has 0 spiro atoms. The van der Waals surface area contributed by atoms with E-state index in [4.69, 9.17) is 9.26 Å². The molecule has 1 aliphatic heterocycles. The monoisotopic (exact) mass is 563 g/mol. The highest BCUT2D eigenvalue weighted by Crippen LogP contribution is 2.51. The Bertz CT molecular complexity index is 963. The maximum atomic E-state index is 14.2. The van der Waals surface area contributed by atoms with E-state index in [2.05, 4.69) is 12.1 Å². The zero-order valence-corrected chi connectivity index (χ0v) is 24.4. The van der Waals surface area contributed by atoms with Gasteiger partial charge in [0.1, 0.15) is 18.5 Å². The van der Waals surface area contributed by atoms with Crippen molar-refractivity contribution < 1.29 is 33.3 Å². The Morgan fingerprint density at radius 2 is 1.82 bits per heavy atom. The van der Waals surface area contributed by atoms with Crippen LogP contribution >= 0.6 is 7.37 Å². The molecule has 1 saturated heterocycles. The maximum absolute atomic E-state index is 14.2. The Morgan fingerprint density at radius 1 is 1.10 bits per heavy atom. The minimum atomic E-state index is -3.51. The molecule has 2 aliphatic rings. The van der Waals surface area contributed by atoms with Crippen LogP contribution in [0.15, 0.2) is 30.3 Å². The summed E-state index contributed by atoms with van der Waals surface area (Å²) in [5, 5.41) is 9.92. The van der Waals surface area contributed by atoms with Gasteiger partial charge in [-0.3, -0.25) is 13.9 Å². The predicted molar refractivity (Wildman–Crippen MR) is 151 cm³/mol. The number of hydrogen-bond donors (Lipinski definition) is 1. The Kier molecular flexibility index (Phi) is 12.7. The van der Waals surface area contributed by atoms with Crippen molar-refractivity contribution in [2.75, 3.05) is 25.5 Å². The topological polar surface area (TPSA) is 110 Å². The number of carbonyl (C=O) groups is 3. The molecule has 4 atom stereocenters. The molecule has 39 heavy (non-hydrogen) atoms. The number of aldehydes is 1. The molecule has 1 N–H and O–H groups in total. The van der Waals surface area contributed by atoms with Gasteiger partial charge in [-0.05, 0) is 43.1 Å². The second kappa shape index (κ2) is 15.7. The first kappa shape index (κ1) is 31.5. The minimum absolute atomic E-state index is 0.140. The molecular weight excluding hydrogens is 517 g/mol. The van der Waals surface area contributed by atoms with Gasteiger partial charge in [0, 0.05) is 25.0 Å². The lowest BCUT2D eigenvalue weighted by atomic mass is 9.79. The Hall–Kier alpha value is -2.02. The van der Waals surface area contributed by atoms with Crippen LogP contribution < -0.4 is 0 Å². The van der Waals surface area contributed by atoms with Crippen molar-refractivity contribution in [1.29, 1.82) is 0 Å². The second-order valence-corrected chi connectivity index (χ2v) is 14.1. The van der Waals surface area contributed by atoms with Crippen molar-refractivity contribution in [2.45, 2.75) is 90.4 Å². The van der Waals surface area contributed by atoms with Gasteiger partial charge >= 0.3 is 5.97 Å². The lowest BCUT2D eigenvalue weighted by molar-refractivity contribution is -0.147. The van der Waals surface area contributed by atoms with E-state index in [1.54, 1.807) is 0 Å². The second-order valence-electron chi connectivity index (χ2n) is 11.5. The van der Waals surface area contributed by atoms with Gasteiger partial charge in [-0.1, -0.05) is 76.3 Å². The van der Waals surface area contributed by atoms with Gasteiger partial charge in [-0.15, -0.1) is 0 Å². The Morgan fingerprint density at radius 3 is 2.46 bits per heavy atom. The van der Waals surface area contributed by atoms with Gasteiger partial charge in [-0.25, -0.2) is 4.79 Å². The van der Waals surface area contributed by atoms with E-state index < -0.39 is 31.6 Å². The standard InChI is InChI=1S/C30H46NO7P/c1-23(2)30(37-18-11-17-32)38-39(36,19-10-9-14-24-12-5-3-6-13-24)22-28(33)31-21-26(20-27(31)29(34)35)25-15-7-4-8-16-25/h3,5-6,12-13,17,23,25-27,30H,4,7-11,14-16,18-22H2,1-2H3,(H,34,35)/t26-,27+,30?,39?/m1/s1. The van der Waals surface area contributed by atoms with E-state index in [9.17, 15) is 24.1 Å². The molecule has 2 fully saturated rings. The van der Waals surface area contributed by atoms with Gasteiger partial charge < -0.3 is 19.5 Å². The number of carbonyl (C=O) groups excluding carboxylic acids is 2. The molecule has 0 aromatic heterocycles. The third-order valence-corrected chi connectivity index (χ3v) is 10.4. The summed E-state index contributed by atoms with van der Waals surface area (Å²) >= 11 is 0. The molecular formula is C30H46NO7P. The van der Waals surface area contributed by atoms with Gasteiger partial charge in [0.15, 0.2) is 6.29 Å². The number of aliphatic carboxylic acids is 1. The fraction of sp³-hybridized carbons (Fsp3) is 0.700. The molecule has 0 radical (unpaired) electrons. The van der Waals surface area contributed by atoms with Gasteiger partial charge in [0.05, 0.1) is 6.61 Å². The maximum Gasteiger partial charge on any atom is 0.326 e. The summed E-state index contributed by atoms with van der Waals surface area (Å²) in [6, 6.07) is 9.16. The van der Waals surface area contributed by atoms with Crippen LogP contribution in [0.25, 0.3) is 0 Å². The number of benzene rings is 1. The molecule has 1 aromatic rings. The van der Waals surface area contributed by atoms with E-state index in [1.807, 2.05) is 32.0 Å². The average molecular weight is 564 g/mol. The molecule has 3 rings (SSSR count). The van der Waals surface area contributed by atoms with Crippen LogP contribution in [-0.4, -0.2) is 66.0 Å². The van der Waals surface area contributed by atoms with Crippen LogP contribution in [0.1, 0.15) is 77.2 Å². The lowest BCUT2D eigenvalue weighted by Crippen LogP contribution is -2.42. The fourth-order valence-electron chi connectivity index (χ4n) is 5.88. The van der Waals surface area contributed by atoms with Crippen LogP contribution in [0.2, 0.25) is 0 Å². The van der Waals surface area contributed by atoms with Crippen LogP contribution in [0, 0.1) is 17.8 Å². The number of aryl methyl sites for hydroxylation is 1. The average Bonchev–Trinajstić information content (AvgIpc) is 3.38. The zero-order chi connectivity index (χ0) is 28.3. The largest absolute Gasteiger partial charge is 0.480 e. The molecule has 2 unspecified atom stereocenters. The summed E-state index contributed by atoms with van der Waals surface area (Å²) < 4.78 is 26.1. The smallest absolute Gasteiger partial charge is 0.326 e. The SMILES string of the molecule is CC(C)C(OCCC=O)OP(=O)(CCCCc1ccccc1)CC(=O)N1C[C@H](C2CCCCC2)C[C@H]1C(=O)O. The zero-order valence-electron chi connectivity index (χ0n) is 23.5. The van der Waals surface area contributed by atoms with E-state index in [-0.39, 0.29) is 37.2 Å². The van der Waals surface area contributed by atoms with Crippen LogP contribution in [0.4, 0.5) is 0 Å². The normalized spacial score (nSPS) is 22.5. The van der Waals surface area contributed by atoms with Crippen LogP contribution in [0.3, 0.4) is 0 Å². The summed E-state index contributed by atoms with van der Waals surface area (Å²) in [6.07, 6.45) is 8.36. The molecule has 8 nitrogen and oxygen atoms in total. The number of unbranched alkanes of at least 4 members (excludes halogenated alkanes) is 1. The van der Waals surface area contributed by atoms with Crippen molar-refractivity contribution in [2.24, 2.45) is 17.8 Å². The molecule has 9 heteroatoms. The van der Waals surface area contributed by atoms with E-state index >= 15 is 0 Å². The first-order chi connectivity index (χ1) is 18.7.